The van der Waals surface area contributed by atoms with Crippen molar-refractivity contribution in [2.24, 2.45) is 0 Å². The van der Waals surface area contributed by atoms with E-state index in [0.29, 0.717) is 0 Å². The third-order valence-corrected chi connectivity index (χ3v) is 3.06. The summed E-state index contributed by atoms with van der Waals surface area (Å²) >= 11 is 0. The van der Waals surface area contributed by atoms with Crippen molar-refractivity contribution < 1.29 is 0 Å². The van der Waals surface area contributed by atoms with Crippen molar-refractivity contribution in [1.29, 1.82) is 0 Å². The molecule has 0 atom stereocenters. The first-order valence-electron chi connectivity index (χ1n) is 3.57. The van der Waals surface area contributed by atoms with Gasteiger partial charge in [0, 0.05) is 0 Å². The number of benzene rings is 1. The molecule has 0 fully saturated rings. The van der Waals surface area contributed by atoms with E-state index < -0.39 is 0 Å². The smallest absolute Gasteiger partial charge is 0.0671 e. The summed E-state index contributed by atoms with van der Waals surface area (Å²) in [6.45, 7) is 6.78. The second-order valence-corrected chi connectivity index (χ2v) is 5.45. The molecule has 0 aliphatic rings. The monoisotopic (exact) mass is 149 g/mol. The van der Waals surface area contributed by atoms with Crippen LogP contribution in [-0.4, -0.2) is 8.80 Å². The molecule has 1 radical (unpaired) electrons. The zero-order valence-corrected chi connectivity index (χ0v) is 7.81. The molecule has 1 heteroatoms. The summed E-state index contributed by atoms with van der Waals surface area (Å²) in [6.07, 6.45) is 0. The lowest BCUT2D eigenvalue weighted by molar-refractivity contribution is 1.49. The van der Waals surface area contributed by atoms with Gasteiger partial charge in [0.05, 0.1) is 8.80 Å². The largest absolute Gasteiger partial charge is 0.0791 e. The van der Waals surface area contributed by atoms with Crippen molar-refractivity contribution in [3.63, 3.8) is 0 Å². The Labute approximate surface area is 64.5 Å². The predicted octanol–water partition coefficient (Wildman–Crippen LogP) is 1.96. The van der Waals surface area contributed by atoms with E-state index in [4.69, 9.17) is 0 Å². The Morgan fingerprint density at radius 3 is 2.30 bits per heavy atom. The summed E-state index contributed by atoms with van der Waals surface area (Å²) in [4.78, 5) is 0. The minimum absolute atomic E-state index is 0.234. The Morgan fingerprint density at radius 2 is 1.90 bits per heavy atom. The fraction of sp³-hybridized carbons (Fsp3) is 0.333. The van der Waals surface area contributed by atoms with Gasteiger partial charge in [0.15, 0.2) is 0 Å². The van der Waals surface area contributed by atoms with Gasteiger partial charge in [-0.05, 0) is 6.92 Å². The van der Waals surface area contributed by atoms with Crippen LogP contribution < -0.4 is 5.19 Å². The Bertz CT molecular complexity index is 216. The van der Waals surface area contributed by atoms with Crippen molar-refractivity contribution in [3.05, 3.63) is 29.8 Å². The molecule has 10 heavy (non-hydrogen) atoms. The molecule has 0 spiro atoms. The van der Waals surface area contributed by atoms with Crippen molar-refractivity contribution in [1.82, 2.24) is 0 Å². The normalized spacial score (nSPS) is 10.4. The van der Waals surface area contributed by atoms with Crippen LogP contribution in [0.15, 0.2) is 24.3 Å². The summed E-state index contributed by atoms with van der Waals surface area (Å²) in [5.41, 5.74) is 1.38. The van der Waals surface area contributed by atoms with Crippen LogP contribution in [0.2, 0.25) is 13.1 Å². The summed E-state index contributed by atoms with van der Waals surface area (Å²) in [6, 6.07) is 8.80. The average Bonchev–Trinajstić information content (AvgIpc) is 1.88. The molecule has 1 aromatic carbocycles. The molecule has 0 unspecified atom stereocenters. The Kier molecular flexibility index (Phi) is 2.28. The van der Waals surface area contributed by atoms with Crippen LogP contribution in [0.4, 0.5) is 0 Å². The quantitative estimate of drug-likeness (QED) is 0.535. The van der Waals surface area contributed by atoms with Gasteiger partial charge in [0.25, 0.3) is 0 Å². The molecule has 0 bridgehead atoms. The van der Waals surface area contributed by atoms with Crippen LogP contribution in [0, 0.1) is 6.92 Å². The van der Waals surface area contributed by atoms with Crippen LogP contribution in [0.3, 0.4) is 0 Å². The zero-order chi connectivity index (χ0) is 7.56. The highest BCUT2D eigenvalue weighted by Crippen LogP contribution is 1.94. The number of aryl methyl sites for hydroxylation is 1. The SMILES string of the molecule is Cc1cccc([Si](C)C)c1. The maximum absolute atomic E-state index is 2.32. The molecule has 0 nitrogen and oxygen atoms in total. The number of hydrogen-bond acceptors (Lipinski definition) is 0. The maximum atomic E-state index is 2.32. The highest BCUT2D eigenvalue weighted by molar-refractivity contribution is 6.70. The minimum Gasteiger partial charge on any atom is -0.0671 e. The van der Waals surface area contributed by atoms with Crippen LogP contribution in [0.1, 0.15) is 5.56 Å². The molecule has 1 aromatic rings. The van der Waals surface area contributed by atoms with E-state index in [1.54, 1.807) is 0 Å². The number of rotatable bonds is 1. The second kappa shape index (κ2) is 3.02. The van der Waals surface area contributed by atoms with E-state index in [-0.39, 0.29) is 8.80 Å². The third kappa shape index (κ3) is 1.71. The molecule has 0 aliphatic carbocycles. The lowest BCUT2D eigenvalue weighted by Gasteiger charge is -2.02. The van der Waals surface area contributed by atoms with Gasteiger partial charge in [0.2, 0.25) is 0 Å². The average molecular weight is 149 g/mol. The Morgan fingerprint density at radius 1 is 1.20 bits per heavy atom. The van der Waals surface area contributed by atoms with E-state index in [1.165, 1.54) is 10.8 Å². The molecule has 0 amide bonds. The van der Waals surface area contributed by atoms with Gasteiger partial charge in [-0.3, -0.25) is 0 Å². The van der Waals surface area contributed by atoms with Crippen LogP contribution in [-0.2, 0) is 0 Å². The first-order valence-corrected chi connectivity index (χ1v) is 6.07. The molecule has 0 aromatic heterocycles. The van der Waals surface area contributed by atoms with E-state index in [1.807, 2.05) is 0 Å². The van der Waals surface area contributed by atoms with E-state index >= 15 is 0 Å². The van der Waals surface area contributed by atoms with Crippen molar-refractivity contribution >= 4 is 14.0 Å². The molecule has 0 saturated heterocycles. The minimum atomic E-state index is -0.234. The van der Waals surface area contributed by atoms with Gasteiger partial charge >= 0.3 is 0 Å². The van der Waals surface area contributed by atoms with E-state index in [2.05, 4.69) is 44.3 Å². The van der Waals surface area contributed by atoms with Crippen LogP contribution in [0.5, 0.6) is 0 Å². The lowest BCUT2D eigenvalue weighted by Crippen LogP contribution is -2.22. The highest BCUT2D eigenvalue weighted by atomic mass is 28.3. The maximum Gasteiger partial charge on any atom is 0.0791 e. The number of hydrogen-bond donors (Lipinski definition) is 0. The molecule has 0 aliphatic heterocycles. The van der Waals surface area contributed by atoms with Crippen LogP contribution >= 0.6 is 0 Å². The molecule has 0 N–H and O–H groups in total. The molecule has 0 saturated carbocycles. The zero-order valence-electron chi connectivity index (χ0n) is 6.81. The molecule has 1 rings (SSSR count). The fourth-order valence-electron chi connectivity index (χ4n) is 0.956. The summed E-state index contributed by atoms with van der Waals surface area (Å²) in [5, 5.41) is 1.53. The van der Waals surface area contributed by atoms with Crippen LogP contribution in [0.25, 0.3) is 0 Å². The summed E-state index contributed by atoms with van der Waals surface area (Å²) in [7, 11) is -0.234. The van der Waals surface area contributed by atoms with Gasteiger partial charge in [-0.25, -0.2) is 0 Å². The van der Waals surface area contributed by atoms with Crippen molar-refractivity contribution in [3.8, 4) is 0 Å². The van der Waals surface area contributed by atoms with E-state index in [0.717, 1.165) is 0 Å². The first kappa shape index (κ1) is 7.54. The molecule has 53 valence electrons. The van der Waals surface area contributed by atoms with Gasteiger partial charge in [-0.15, -0.1) is 0 Å². The van der Waals surface area contributed by atoms with E-state index in [9.17, 15) is 0 Å². The van der Waals surface area contributed by atoms with Gasteiger partial charge in [0.1, 0.15) is 0 Å². The predicted molar refractivity (Wildman–Crippen MR) is 48.3 cm³/mol. The summed E-state index contributed by atoms with van der Waals surface area (Å²) in [5.74, 6) is 0. The van der Waals surface area contributed by atoms with Crippen molar-refractivity contribution in [2.75, 3.05) is 0 Å². The first-order chi connectivity index (χ1) is 4.70. The van der Waals surface area contributed by atoms with Gasteiger partial charge in [-0.1, -0.05) is 48.1 Å². The second-order valence-electron chi connectivity index (χ2n) is 2.87. The standard InChI is InChI=1S/C9H13Si/c1-8-5-4-6-9(7-8)10(2)3/h4-7H,1-3H3. The molecular weight excluding hydrogens is 136 g/mol. The molecule has 0 heterocycles. The fourth-order valence-corrected chi connectivity index (χ4v) is 1.90. The van der Waals surface area contributed by atoms with Gasteiger partial charge < -0.3 is 0 Å². The topological polar surface area (TPSA) is 0 Å². The highest BCUT2D eigenvalue weighted by Gasteiger charge is 1.98. The molecular formula is C9H13Si. The van der Waals surface area contributed by atoms with Gasteiger partial charge in [-0.2, -0.15) is 0 Å². The van der Waals surface area contributed by atoms with Crippen molar-refractivity contribution in [2.45, 2.75) is 20.0 Å². The third-order valence-electron chi connectivity index (χ3n) is 1.60. The Balaban J connectivity index is 2.96. The lowest BCUT2D eigenvalue weighted by atomic mass is 10.2. The Hall–Kier alpha value is -0.563. The summed E-state index contributed by atoms with van der Waals surface area (Å²) < 4.78 is 0.